The van der Waals surface area contributed by atoms with Crippen LogP contribution in [0, 0.1) is 0 Å². The summed E-state index contributed by atoms with van der Waals surface area (Å²) in [5.74, 6) is 0. The van der Waals surface area contributed by atoms with Crippen LogP contribution in [0.2, 0.25) is 0 Å². The van der Waals surface area contributed by atoms with Gasteiger partial charge in [-0.1, -0.05) is 19.9 Å². The second-order valence-corrected chi connectivity index (χ2v) is 6.94. The molecule has 0 aliphatic carbocycles. The van der Waals surface area contributed by atoms with E-state index in [9.17, 15) is 13.2 Å². The number of nitrogens with one attached hydrogen (secondary N) is 1. The topological polar surface area (TPSA) is 56.9 Å². The van der Waals surface area contributed by atoms with E-state index >= 15 is 0 Å². The Hall–Kier alpha value is -1.87. The van der Waals surface area contributed by atoms with Crippen molar-refractivity contribution in [2.45, 2.75) is 38.9 Å². The van der Waals surface area contributed by atoms with E-state index in [2.05, 4.69) is 41.5 Å². The zero-order valence-corrected chi connectivity index (χ0v) is 16.4. The van der Waals surface area contributed by atoms with Gasteiger partial charge in [-0.05, 0) is 42.8 Å². The fourth-order valence-corrected chi connectivity index (χ4v) is 3.49. The predicted octanol–water partition coefficient (Wildman–Crippen LogP) is 3.18. The highest BCUT2D eigenvalue weighted by atomic mass is 32.1. The van der Waals surface area contributed by atoms with Crippen LogP contribution in [0.5, 0.6) is 0 Å². The number of rotatable bonds is 6. The van der Waals surface area contributed by atoms with Crippen LogP contribution in [-0.2, 0) is 6.18 Å². The van der Waals surface area contributed by atoms with Crippen molar-refractivity contribution in [1.29, 1.82) is 0 Å². The van der Waals surface area contributed by atoms with Gasteiger partial charge in [0.15, 0.2) is 5.11 Å². The number of nitrogens with two attached hydrogens (primary N) is 1. The quantitative estimate of drug-likeness (QED) is 0.436. The van der Waals surface area contributed by atoms with Crippen LogP contribution < -0.4 is 16.1 Å². The molecule has 150 valence electrons. The molecule has 1 aromatic carbocycles. The van der Waals surface area contributed by atoms with Gasteiger partial charge < -0.3 is 10.6 Å². The second kappa shape index (κ2) is 9.36. The molecule has 0 bridgehead atoms. The molecule has 0 radical (unpaired) electrons. The number of alkyl halides is 3. The van der Waals surface area contributed by atoms with Crippen molar-refractivity contribution >= 4 is 29.2 Å². The summed E-state index contributed by atoms with van der Waals surface area (Å²) in [6.45, 7) is 6.99. The Bertz CT molecular complexity index is 665. The number of piperazine rings is 1. The molecule has 0 amide bonds. The van der Waals surface area contributed by atoms with E-state index in [0.717, 1.165) is 32.0 Å². The zero-order valence-electron chi connectivity index (χ0n) is 15.6. The van der Waals surface area contributed by atoms with E-state index in [-0.39, 0.29) is 10.8 Å². The molecule has 1 aliphatic heterocycles. The summed E-state index contributed by atoms with van der Waals surface area (Å²) in [4.78, 5) is 4.18. The number of hydrogen-bond donors (Lipinski definition) is 2. The summed E-state index contributed by atoms with van der Waals surface area (Å²) in [5.41, 5.74) is 7.47. The van der Waals surface area contributed by atoms with E-state index in [4.69, 9.17) is 5.73 Å². The largest absolute Gasteiger partial charge is 0.418 e. The van der Waals surface area contributed by atoms with E-state index in [1.807, 2.05) is 4.90 Å². The van der Waals surface area contributed by atoms with Gasteiger partial charge in [0, 0.05) is 37.9 Å². The van der Waals surface area contributed by atoms with Crippen molar-refractivity contribution in [3.63, 3.8) is 0 Å². The molecule has 1 heterocycles. The number of anilines is 1. The van der Waals surface area contributed by atoms with Crippen molar-refractivity contribution in [1.82, 2.24) is 10.3 Å². The molecular formula is C18H26F3N5S. The van der Waals surface area contributed by atoms with Gasteiger partial charge in [0.25, 0.3) is 0 Å². The van der Waals surface area contributed by atoms with E-state index < -0.39 is 11.7 Å². The number of halogens is 3. The molecule has 0 aromatic heterocycles. The molecular weight excluding hydrogens is 375 g/mol. The van der Waals surface area contributed by atoms with E-state index in [1.54, 1.807) is 6.07 Å². The van der Waals surface area contributed by atoms with Gasteiger partial charge in [0.05, 0.1) is 11.8 Å². The van der Waals surface area contributed by atoms with Crippen LogP contribution in [0.15, 0.2) is 23.3 Å². The fraction of sp³-hybridized carbons (Fsp3) is 0.556. The first-order valence-corrected chi connectivity index (χ1v) is 9.45. The Balaban J connectivity index is 2.19. The fourth-order valence-electron chi connectivity index (χ4n) is 3.44. The number of hydrogen-bond acceptors (Lipinski definition) is 4. The number of hydrazone groups is 1. The normalized spacial score (nSPS) is 16.3. The summed E-state index contributed by atoms with van der Waals surface area (Å²) >= 11 is 4.61. The Morgan fingerprint density at radius 2 is 1.89 bits per heavy atom. The van der Waals surface area contributed by atoms with Gasteiger partial charge >= 0.3 is 6.18 Å². The lowest BCUT2D eigenvalue weighted by Gasteiger charge is -2.40. The molecule has 0 unspecified atom stereocenters. The first-order chi connectivity index (χ1) is 12.8. The maximum atomic E-state index is 13.6. The summed E-state index contributed by atoms with van der Waals surface area (Å²) in [6, 6.07) is 4.72. The Labute approximate surface area is 163 Å². The third-order valence-electron chi connectivity index (χ3n) is 4.83. The van der Waals surface area contributed by atoms with Crippen LogP contribution in [0.1, 0.15) is 37.8 Å². The minimum absolute atomic E-state index is 0.0470. The van der Waals surface area contributed by atoms with Gasteiger partial charge in [-0.15, -0.1) is 0 Å². The molecule has 1 fully saturated rings. The Kier molecular flexibility index (Phi) is 7.43. The van der Waals surface area contributed by atoms with Crippen molar-refractivity contribution in [2.75, 3.05) is 31.1 Å². The minimum Gasteiger partial charge on any atom is -0.375 e. The maximum absolute atomic E-state index is 13.6. The van der Waals surface area contributed by atoms with Crippen LogP contribution in [0.4, 0.5) is 18.9 Å². The molecule has 27 heavy (non-hydrogen) atoms. The number of thiocarbonyl (C=S) groups is 1. The zero-order chi connectivity index (χ0) is 20.0. The minimum atomic E-state index is -4.44. The molecule has 1 saturated heterocycles. The lowest BCUT2D eigenvalue weighted by atomic mass is 10.1. The number of nitrogens with zero attached hydrogens (tertiary/aromatic N) is 3. The smallest absolute Gasteiger partial charge is 0.375 e. The first-order valence-electron chi connectivity index (χ1n) is 9.05. The molecule has 9 heteroatoms. The van der Waals surface area contributed by atoms with E-state index in [1.165, 1.54) is 12.3 Å². The maximum Gasteiger partial charge on any atom is 0.418 e. The highest BCUT2D eigenvalue weighted by Crippen LogP contribution is 2.37. The molecule has 5 nitrogen and oxygen atoms in total. The standard InChI is InChI=1S/C18H26F3N5S/c1-3-14(4-2)25-7-9-26(10-8-25)16-6-5-13(12-23-24-17(22)27)11-15(16)18(19,20)21/h5-6,11-12,14H,3-4,7-10H2,1-2H3,(H3,22,24,27)/b23-12+. The van der Waals surface area contributed by atoms with Crippen molar-refractivity contribution in [2.24, 2.45) is 10.8 Å². The Morgan fingerprint density at radius 3 is 2.41 bits per heavy atom. The van der Waals surface area contributed by atoms with E-state index in [0.29, 0.717) is 24.7 Å². The summed E-state index contributed by atoms with van der Waals surface area (Å²) in [7, 11) is 0. The summed E-state index contributed by atoms with van der Waals surface area (Å²) in [6.07, 6.45) is -1.07. The molecule has 0 saturated carbocycles. The molecule has 0 spiro atoms. The molecule has 0 atom stereocenters. The van der Waals surface area contributed by atoms with Gasteiger partial charge in [-0.3, -0.25) is 10.3 Å². The van der Waals surface area contributed by atoms with Gasteiger partial charge in [-0.25, -0.2) is 0 Å². The van der Waals surface area contributed by atoms with Crippen molar-refractivity contribution < 1.29 is 13.2 Å². The van der Waals surface area contributed by atoms with Gasteiger partial charge in [-0.2, -0.15) is 18.3 Å². The van der Waals surface area contributed by atoms with Gasteiger partial charge in [0.1, 0.15) is 0 Å². The van der Waals surface area contributed by atoms with Gasteiger partial charge in [0.2, 0.25) is 0 Å². The average Bonchev–Trinajstić information content (AvgIpc) is 2.62. The molecule has 2 rings (SSSR count). The SMILES string of the molecule is CCC(CC)N1CCN(c2ccc(/C=N/NC(N)=S)cc2C(F)(F)F)CC1. The van der Waals surface area contributed by atoms with Crippen LogP contribution in [0.25, 0.3) is 0 Å². The van der Waals surface area contributed by atoms with Crippen molar-refractivity contribution in [3.8, 4) is 0 Å². The average molecular weight is 402 g/mol. The Morgan fingerprint density at radius 1 is 1.26 bits per heavy atom. The molecule has 3 N–H and O–H groups in total. The summed E-state index contributed by atoms with van der Waals surface area (Å²) in [5, 5.41) is 3.68. The van der Waals surface area contributed by atoms with Crippen molar-refractivity contribution in [3.05, 3.63) is 29.3 Å². The lowest BCUT2D eigenvalue weighted by Crippen LogP contribution is -2.50. The second-order valence-electron chi connectivity index (χ2n) is 6.50. The van der Waals surface area contributed by atoms with Crippen LogP contribution in [-0.4, -0.2) is 48.4 Å². The highest BCUT2D eigenvalue weighted by Gasteiger charge is 2.36. The highest BCUT2D eigenvalue weighted by molar-refractivity contribution is 7.80. The monoisotopic (exact) mass is 401 g/mol. The molecule has 1 aliphatic rings. The number of benzene rings is 1. The van der Waals surface area contributed by atoms with Crippen LogP contribution >= 0.6 is 12.2 Å². The third kappa shape index (κ3) is 5.80. The molecule has 1 aromatic rings. The third-order valence-corrected chi connectivity index (χ3v) is 4.92. The summed E-state index contributed by atoms with van der Waals surface area (Å²) < 4.78 is 40.8. The van der Waals surface area contributed by atoms with Crippen LogP contribution in [0.3, 0.4) is 0 Å². The first kappa shape index (κ1) is 21.4. The lowest BCUT2D eigenvalue weighted by molar-refractivity contribution is -0.137. The predicted molar refractivity (Wildman–Crippen MR) is 107 cm³/mol.